The van der Waals surface area contributed by atoms with Crippen LogP contribution in [-0.4, -0.2) is 15.5 Å². The van der Waals surface area contributed by atoms with E-state index in [1.807, 2.05) is 60.7 Å². The number of benzene rings is 3. The van der Waals surface area contributed by atoms with Gasteiger partial charge in [-0.15, -0.1) is 0 Å². The minimum atomic E-state index is -0.157. The molecule has 0 radical (unpaired) electrons. The maximum Gasteiger partial charge on any atom is 0.261 e. The van der Waals surface area contributed by atoms with Gasteiger partial charge in [-0.3, -0.25) is 14.2 Å². The number of hydrogen-bond acceptors (Lipinski definition) is 4. The van der Waals surface area contributed by atoms with Gasteiger partial charge < -0.3 is 10.1 Å². The smallest absolute Gasteiger partial charge is 0.261 e. The minimum Gasteiger partial charge on any atom is -0.489 e. The molecule has 0 saturated heterocycles. The Balaban J connectivity index is 1.26. The molecule has 0 atom stereocenters. The second kappa shape index (κ2) is 10.2. The van der Waals surface area contributed by atoms with Crippen LogP contribution in [0.5, 0.6) is 5.75 Å². The van der Waals surface area contributed by atoms with Gasteiger partial charge in [0.15, 0.2) is 0 Å². The summed E-state index contributed by atoms with van der Waals surface area (Å²) in [6.45, 7) is 1.19. The molecule has 1 N–H and O–H groups in total. The molecule has 4 rings (SSSR count). The molecule has 0 aliphatic rings. The third-order valence-electron chi connectivity index (χ3n) is 5.03. The molecule has 1 aromatic heterocycles. The van der Waals surface area contributed by atoms with Gasteiger partial charge in [0.25, 0.3) is 5.56 Å². The van der Waals surface area contributed by atoms with Crippen LogP contribution in [0.1, 0.15) is 17.5 Å². The van der Waals surface area contributed by atoms with Crippen LogP contribution in [0.4, 0.5) is 0 Å². The second-order valence-electron chi connectivity index (χ2n) is 7.35. The number of aryl methyl sites for hydroxylation is 1. The molecular weight excluding hydrogens is 470 g/mol. The first kappa shape index (κ1) is 21.8. The number of nitrogens with one attached hydrogen (secondary N) is 1. The summed E-state index contributed by atoms with van der Waals surface area (Å²) in [5.41, 5.74) is 2.56. The fraction of sp³-hybridized carbons (Fsp3) is 0.160. The highest BCUT2D eigenvalue weighted by Gasteiger charge is 2.07. The summed E-state index contributed by atoms with van der Waals surface area (Å²) in [7, 11) is 0. The molecule has 0 fully saturated rings. The number of nitrogens with zero attached hydrogens (tertiary/aromatic N) is 2. The summed E-state index contributed by atoms with van der Waals surface area (Å²) in [5.74, 6) is 0.648. The molecule has 6 nitrogen and oxygen atoms in total. The minimum absolute atomic E-state index is 0.129. The van der Waals surface area contributed by atoms with Gasteiger partial charge >= 0.3 is 0 Å². The fourth-order valence-corrected chi connectivity index (χ4v) is 3.61. The van der Waals surface area contributed by atoms with Crippen molar-refractivity contribution in [3.8, 4) is 5.75 Å². The van der Waals surface area contributed by atoms with Gasteiger partial charge in [0.05, 0.1) is 17.2 Å². The van der Waals surface area contributed by atoms with Crippen LogP contribution < -0.4 is 15.6 Å². The first-order valence-corrected chi connectivity index (χ1v) is 11.0. The third-order valence-corrected chi connectivity index (χ3v) is 5.52. The molecule has 0 aliphatic carbocycles. The van der Waals surface area contributed by atoms with Gasteiger partial charge in [-0.1, -0.05) is 58.4 Å². The molecule has 32 heavy (non-hydrogen) atoms. The lowest BCUT2D eigenvalue weighted by Gasteiger charge is -2.09. The Labute approximate surface area is 194 Å². The van der Waals surface area contributed by atoms with Crippen LogP contribution in [0.3, 0.4) is 0 Å². The zero-order chi connectivity index (χ0) is 22.3. The Morgan fingerprint density at radius 2 is 1.78 bits per heavy atom. The largest absolute Gasteiger partial charge is 0.489 e. The van der Waals surface area contributed by atoms with Crippen LogP contribution in [0.2, 0.25) is 0 Å². The molecule has 1 heterocycles. The second-order valence-corrected chi connectivity index (χ2v) is 8.27. The Kier molecular flexibility index (Phi) is 6.97. The summed E-state index contributed by atoms with van der Waals surface area (Å²) in [6.07, 6.45) is 1.68. The van der Waals surface area contributed by atoms with E-state index >= 15 is 0 Å². The number of hydrogen-bond donors (Lipinski definition) is 1. The van der Waals surface area contributed by atoms with Crippen molar-refractivity contribution in [2.75, 3.05) is 0 Å². The molecule has 0 unspecified atom stereocenters. The normalized spacial score (nSPS) is 10.8. The lowest BCUT2D eigenvalue weighted by molar-refractivity contribution is -0.121. The number of aromatic nitrogens is 2. The molecule has 162 valence electrons. The van der Waals surface area contributed by atoms with Gasteiger partial charge in [0, 0.05) is 24.0 Å². The molecule has 1 amide bonds. The molecule has 0 bridgehead atoms. The maximum absolute atomic E-state index is 12.6. The van der Waals surface area contributed by atoms with Crippen molar-refractivity contribution < 1.29 is 9.53 Å². The Morgan fingerprint density at radius 1 is 1.00 bits per heavy atom. The summed E-state index contributed by atoms with van der Waals surface area (Å²) in [5, 5.41) is 3.41. The zero-order valence-corrected chi connectivity index (χ0v) is 18.9. The van der Waals surface area contributed by atoms with Crippen molar-refractivity contribution in [1.29, 1.82) is 0 Å². The predicted molar refractivity (Wildman–Crippen MR) is 127 cm³/mol. The predicted octanol–water partition coefficient (Wildman–Crippen LogP) is 4.44. The number of carbonyl (C=O) groups excluding carboxylic acids is 1. The topological polar surface area (TPSA) is 73.2 Å². The molecule has 4 aromatic rings. The van der Waals surface area contributed by atoms with Gasteiger partial charge in [-0.2, -0.15) is 0 Å². The Bertz CT molecular complexity index is 1270. The van der Waals surface area contributed by atoms with Crippen LogP contribution in [-0.2, 0) is 24.5 Å². The van der Waals surface area contributed by atoms with Crippen LogP contribution in [0.25, 0.3) is 10.9 Å². The number of rotatable bonds is 8. The van der Waals surface area contributed by atoms with E-state index in [0.717, 1.165) is 21.3 Å². The maximum atomic E-state index is 12.6. The van der Waals surface area contributed by atoms with Crippen molar-refractivity contribution in [1.82, 2.24) is 14.9 Å². The number of carbonyl (C=O) groups is 1. The highest BCUT2D eigenvalue weighted by Crippen LogP contribution is 2.15. The average Bonchev–Trinajstić information content (AvgIpc) is 2.82. The zero-order valence-electron chi connectivity index (χ0n) is 17.3. The van der Waals surface area contributed by atoms with Crippen molar-refractivity contribution in [3.63, 3.8) is 0 Å². The standard InChI is InChI=1S/C25H22BrN3O3/c26-20-8-11-23-22(14-20)25(31)29(17-28-23)13-12-24(30)27-15-18-6-9-21(10-7-18)32-16-19-4-2-1-3-5-19/h1-11,14,17H,12-13,15-16H2,(H,27,30). The van der Waals surface area contributed by atoms with Crippen molar-refractivity contribution >= 4 is 32.7 Å². The quantitative estimate of drug-likeness (QED) is 0.395. The average molecular weight is 492 g/mol. The van der Waals surface area contributed by atoms with Gasteiger partial charge in [-0.25, -0.2) is 4.98 Å². The SMILES string of the molecule is O=C(CCn1cnc2ccc(Br)cc2c1=O)NCc1ccc(OCc2ccccc2)cc1. The van der Waals surface area contributed by atoms with Crippen molar-refractivity contribution in [2.45, 2.75) is 26.1 Å². The van der Waals surface area contributed by atoms with Gasteiger partial charge in [0.1, 0.15) is 12.4 Å². The van der Waals surface area contributed by atoms with E-state index in [-0.39, 0.29) is 24.4 Å². The molecule has 7 heteroatoms. The highest BCUT2D eigenvalue weighted by molar-refractivity contribution is 9.10. The lowest BCUT2D eigenvalue weighted by atomic mass is 10.2. The van der Waals surface area contributed by atoms with E-state index in [2.05, 4.69) is 26.2 Å². The van der Waals surface area contributed by atoms with E-state index in [4.69, 9.17) is 4.74 Å². The number of amides is 1. The van der Waals surface area contributed by atoms with Crippen LogP contribution in [0, 0.1) is 0 Å². The summed E-state index contributed by atoms with van der Waals surface area (Å²) >= 11 is 3.37. The fourth-order valence-electron chi connectivity index (χ4n) is 3.25. The van der Waals surface area contributed by atoms with Gasteiger partial charge in [-0.05, 0) is 41.5 Å². The van der Waals surface area contributed by atoms with Gasteiger partial charge in [0.2, 0.25) is 5.91 Å². The summed E-state index contributed by atoms with van der Waals surface area (Å²) in [6, 6.07) is 23.0. The Hall–Kier alpha value is -3.45. The first-order valence-electron chi connectivity index (χ1n) is 10.3. The van der Waals surface area contributed by atoms with Crippen molar-refractivity contribution in [2.24, 2.45) is 0 Å². The molecule has 0 spiro atoms. The first-order chi connectivity index (χ1) is 15.6. The van der Waals surface area contributed by atoms with E-state index in [1.165, 1.54) is 10.9 Å². The van der Waals surface area contributed by atoms with Crippen LogP contribution >= 0.6 is 15.9 Å². The van der Waals surface area contributed by atoms with E-state index in [9.17, 15) is 9.59 Å². The third kappa shape index (κ3) is 5.62. The number of halogens is 1. The highest BCUT2D eigenvalue weighted by atomic mass is 79.9. The Morgan fingerprint density at radius 3 is 2.56 bits per heavy atom. The van der Waals surface area contributed by atoms with E-state index in [1.54, 1.807) is 12.1 Å². The van der Waals surface area contributed by atoms with E-state index in [0.29, 0.717) is 24.1 Å². The lowest BCUT2D eigenvalue weighted by Crippen LogP contribution is -2.27. The van der Waals surface area contributed by atoms with Crippen LogP contribution in [0.15, 0.2) is 88.4 Å². The molecular formula is C25H22BrN3O3. The monoisotopic (exact) mass is 491 g/mol. The number of ether oxygens (including phenoxy) is 1. The summed E-state index contributed by atoms with van der Waals surface area (Å²) in [4.78, 5) is 29.2. The molecule has 0 saturated carbocycles. The van der Waals surface area contributed by atoms with Crippen molar-refractivity contribution in [3.05, 3.63) is 105 Å². The van der Waals surface area contributed by atoms with E-state index < -0.39 is 0 Å². The molecule has 0 aliphatic heterocycles. The summed E-state index contributed by atoms with van der Waals surface area (Å²) < 4.78 is 8.06. The number of fused-ring (bicyclic) bond motifs is 1. The molecule has 3 aromatic carbocycles.